The Labute approximate surface area is 221 Å². The highest BCUT2D eigenvalue weighted by Crippen LogP contribution is 2.52. The molecule has 0 unspecified atom stereocenters. The van der Waals surface area contributed by atoms with E-state index in [2.05, 4.69) is 6.92 Å². The van der Waals surface area contributed by atoms with Crippen LogP contribution in [0.1, 0.15) is 51.0 Å². The molecule has 4 atom stereocenters. The Balaban J connectivity index is 2.02. The fourth-order valence-electron chi connectivity index (χ4n) is 4.82. The molecule has 0 aliphatic heterocycles. The summed E-state index contributed by atoms with van der Waals surface area (Å²) < 4.78 is 21.6. The molecular formula is C31H41O5P. The van der Waals surface area contributed by atoms with Crippen LogP contribution in [0.4, 0.5) is 0 Å². The average molecular weight is 525 g/mol. The van der Waals surface area contributed by atoms with Crippen molar-refractivity contribution in [2.24, 2.45) is 0 Å². The Bertz CT molecular complexity index is 1020. The Morgan fingerprint density at radius 3 is 1.84 bits per heavy atom. The zero-order chi connectivity index (χ0) is 26.5. The highest BCUT2D eigenvalue weighted by Gasteiger charge is 2.44. The molecule has 0 bridgehead atoms. The lowest BCUT2D eigenvalue weighted by atomic mass is 9.99. The summed E-state index contributed by atoms with van der Waals surface area (Å²) in [5.74, 6) is 0. The Kier molecular flexibility index (Phi) is 12.0. The molecule has 3 N–H and O–H groups in total. The molecule has 0 saturated carbocycles. The number of benzene rings is 3. The van der Waals surface area contributed by atoms with Crippen LogP contribution in [0.5, 0.6) is 0 Å². The van der Waals surface area contributed by atoms with Crippen molar-refractivity contribution < 1.29 is 24.6 Å². The number of unbranched alkanes of at least 4 members (excludes halogenated alkanes) is 1. The molecule has 200 valence electrons. The molecule has 0 aliphatic carbocycles. The van der Waals surface area contributed by atoms with Crippen LogP contribution in [0.25, 0.3) is 0 Å². The molecule has 6 heteroatoms. The molecule has 0 aliphatic rings. The van der Waals surface area contributed by atoms with Gasteiger partial charge in [-0.15, -0.1) is 0 Å². The minimum Gasteiger partial charge on any atom is -0.396 e. The minimum absolute atomic E-state index is 0.0806. The summed E-state index contributed by atoms with van der Waals surface area (Å²) in [7, 11) is -3.41. The lowest BCUT2D eigenvalue weighted by molar-refractivity contribution is -0.0150. The molecule has 0 radical (unpaired) electrons. The van der Waals surface area contributed by atoms with Gasteiger partial charge in [0.2, 0.25) is 0 Å². The lowest BCUT2D eigenvalue weighted by Gasteiger charge is -2.36. The topological polar surface area (TPSA) is 87.0 Å². The van der Waals surface area contributed by atoms with Gasteiger partial charge in [0.1, 0.15) is 7.14 Å². The minimum atomic E-state index is -3.41. The fraction of sp³-hybridized carbons (Fsp3) is 0.419. The fourth-order valence-corrected chi connectivity index (χ4v) is 8.28. The summed E-state index contributed by atoms with van der Waals surface area (Å²) in [6, 6.07) is 28.5. The van der Waals surface area contributed by atoms with Gasteiger partial charge in [-0.25, -0.2) is 0 Å². The van der Waals surface area contributed by atoms with E-state index in [1.165, 1.54) is 0 Å². The van der Waals surface area contributed by atoms with E-state index in [0.29, 0.717) is 30.1 Å². The maximum absolute atomic E-state index is 15.2. The van der Waals surface area contributed by atoms with E-state index in [0.717, 1.165) is 24.8 Å². The first-order chi connectivity index (χ1) is 18.0. The van der Waals surface area contributed by atoms with Crippen molar-refractivity contribution in [3.05, 3.63) is 96.6 Å². The zero-order valence-electron chi connectivity index (χ0n) is 21.7. The van der Waals surface area contributed by atoms with Crippen LogP contribution in [0.15, 0.2) is 91.0 Å². The van der Waals surface area contributed by atoms with Crippen molar-refractivity contribution in [1.29, 1.82) is 0 Å². The summed E-state index contributed by atoms with van der Waals surface area (Å²) in [5, 5.41) is 33.1. The third-order valence-electron chi connectivity index (χ3n) is 6.91. The molecule has 0 spiro atoms. The molecule has 0 fully saturated rings. The summed E-state index contributed by atoms with van der Waals surface area (Å²) >= 11 is 0. The van der Waals surface area contributed by atoms with Crippen LogP contribution in [-0.2, 0) is 15.9 Å². The van der Waals surface area contributed by atoms with Crippen LogP contribution in [0.3, 0.4) is 0 Å². The van der Waals surface area contributed by atoms with Crippen molar-refractivity contribution in [2.75, 3.05) is 6.61 Å². The van der Waals surface area contributed by atoms with Gasteiger partial charge in [-0.05, 0) is 31.2 Å². The van der Waals surface area contributed by atoms with Crippen LogP contribution in [0, 0.1) is 0 Å². The number of aliphatic hydroxyl groups is 3. The van der Waals surface area contributed by atoms with E-state index in [1.807, 2.05) is 91.0 Å². The van der Waals surface area contributed by atoms with Crippen LogP contribution < -0.4 is 10.6 Å². The molecule has 0 amide bonds. The first-order valence-electron chi connectivity index (χ1n) is 13.3. The van der Waals surface area contributed by atoms with E-state index in [4.69, 9.17) is 4.74 Å². The summed E-state index contributed by atoms with van der Waals surface area (Å²) in [6.45, 7) is 2.47. The Morgan fingerprint density at radius 1 is 0.784 bits per heavy atom. The van der Waals surface area contributed by atoms with Gasteiger partial charge in [-0.1, -0.05) is 111 Å². The van der Waals surface area contributed by atoms with Crippen molar-refractivity contribution in [3.63, 3.8) is 0 Å². The molecule has 3 rings (SSSR count). The number of rotatable bonds is 16. The largest absolute Gasteiger partial charge is 0.396 e. The summed E-state index contributed by atoms with van der Waals surface area (Å²) in [6.07, 6.45) is 1.02. The van der Waals surface area contributed by atoms with Crippen molar-refractivity contribution >= 4 is 17.8 Å². The van der Waals surface area contributed by atoms with Gasteiger partial charge >= 0.3 is 0 Å². The molecule has 0 heterocycles. The van der Waals surface area contributed by atoms with E-state index in [-0.39, 0.29) is 19.1 Å². The third kappa shape index (κ3) is 8.10. The molecular weight excluding hydrogens is 483 g/mol. The second kappa shape index (κ2) is 15.2. The molecule has 0 aromatic heterocycles. The van der Waals surface area contributed by atoms with Crippen LogP contribution in [-0.4, -0.2) is 45.9 Å². The smallest absolute Gasteiger partial charge is 0.148 e. The lowest BCUT2D eigenvalue weighted by Crippen LogP contribution is -2.43. The maximum Gasteiger partial charge on any atom is 0.148 e. The summed E-state index contributed by atoms with van der Waals surface area (Å²) in [4.78, 5) is 0. The van der Waals surface area contributed by atoms with Crippen LogP contribution >= 0.6 is 7.14 Å². The standard InChI is InChI=1S/C31H41O5P/c1-2-3-16-26(36-24-25-14-7-4-8-15-25)23-30(31(34)29(33)21-13-22-32)37(35,27-17-9-5-10-18-27)28-19-11-6-12-20-28/h4-12,14-15,17-20,26,29-34H,2-3,13,16,21-24H2,1H3/t26-,29+,30-,31-/m1/s1. The predicted octanol–water partition coefficient (Wildman–Crippen LogP) is 5.03. The van der Waals surface area contributed by atoms with Gasteiger partial charge in [0, 0.05) is 17.2 Å². The van der Waals surface area contributed by atoms with Gasteiger partial charge < -0.3 is 24.6 Å². The average Bonchev–Trinajstić information content (AvgIpc) is 2.96. The number of ether oxygens (including phenoxy) is 1. The monoisotopic (exact) mass is 524 g/mol. The molecule has 5 nitrogen and oxygen atoms in total. The second-order valence-electron chi connectivity index (χ2n) is 9.62. The third-order valence-corrected chi connectivity index (χ3v) is 10.5. The first kappa shape index (κ1) is 29.3. The zero-order valence-corrected chi connectivity index (χ0v) is 22.6. The van der Waals surface area contributed by atoms with Crippen molar-refractivity contribution in [1.82, 2.24) is 0 Å². The highest BCUT2D eigenvalue weighted by atomic mass is 31.2. The van der Waals surface area contributed by atoms with Gasteiger partial charge in [-0.2, -0.15) is 0 Å². The molecule has 3 aromatic carbocycles. The van der Waals surface area contributed by atoms with Crippen molar-refractivity contribution in [3.8, 4) is 0 Å². The Morgan fingerprint density at radius 2 is 1.32 bits per heavy atom. The van der Waals surface area contributed by atoms with E-state index in [1.54, 1.807) is 0 Å². The number of aliphatic hydroxyl groups excluding tert-OH is 3. The molecule has 0 saturated heterocycles. The van der Waals surface area contributed by atoms with E-state index in [9.17, 15) is 15.3 Å². The maximum atomic E-state index is 15.2. The number of hydrogen-bond acceptors (Lipinski definition) is 5. The summed E-state index contributed by atoms with van der Waals surface area (Å²) in [5.41, 5.74) is 0.294. The quantitative estimate of drug-likeness (QED) is 0.229. The Hall–Kier alpha value is -2.27. The molecule has 37 heavy (non-hydrogen) atoms. The van der Waals surface area contributed by atoms with Gasteiger partial charge in [0.15, 0.2) is 0 Å². The number of hydrogen-bond donors (Lipinski definition) is 3. The molecule has 3 aromatic rings. The van der Waals surface area contributed by atoms with E-state index >= 15 is 4.57 Å². The highest BCUT2D eigenvalue weighted by molar-refractivity contribution is 7.79. The SMILES string of the molecule is CCCC[C@H](C[C@H]([C@H](O)[C@@H](O)CCCO)P(=O)(c1ccccc1)c1ccccc1)OCc1ccccc1. The van der Waals surface area contributed by atoms with E-state index < -0.39 is 25.0 Å². The predicted molar refractivity (Wildman–Crippen MR) is 151 cm³/mol. The van der Waals surface area contributed by atoms with Crippen molar-refractivity contribution in [2.45, 2.75) is 76.0 Å². The van der Waals surface area contributed by atoms with Crippen LogP contribution in [0.2, 0.25) is 0 Å². The van der Waals surface area contributed by atoms with Gasteiger partial charge in [0.05, 0.1) is 30.6 Å². The van der Waals surface area contributed by atoms with Gasteiger partial charge in [-0.3, -0.25) is 0 Å². The second-order valence-corrected chi connectivity index (χ2v) is 12.6. The first-order valence-corrected chi connectivity index (χ1v) is 15.1. The van der Waals surface area contributed by atoms with Gasteiger partial charge in [0.25, 0.3) is 0 Å². The normalized spacial score (nSPS) is 15.1.